The normalized spacial score (nSPS) is 22.4. The van der Waals surface area contributed by atoms with E-state index in [0.717, 1.165) is 31.6 Å². The van der Waals surface area contributed by atoms with E-state index < -0.39 is 0 Å². The van der Waals surface area contributed by atoms with E-state index in [1.165, 1.54) is 18.9 Å². The molecule has 2 rings (SSSR count). The van der Waals surface area contributed by atoms with Gasteiger partial charge in [0.2, 0.25) is 0 Å². The maximum atomic E-state index is 13.3. The fraction of sp³-hybridized carbons (Fsp3) is 0.538. The molecule has 0 unspecified atom stereocenters. The van der Waals surface area contributed by atoms with Crippen molar-refractivity contribution in [3.05, 3.63) is 34.6 Å². The Morgan fingerprint density at radius 2 is 2.24 bits per heavy atom. The quantitative estimate of drug-likeness (QED) is 0.882. The van der Waals surface area contributed by atoms with Crippen molar-refractivity contribution in [1.82, 2.24) is 4.90 Å². The minimum Gasteiger partial charge on any atom is -0.327 e. The monoisotopic (exact) mass is 256 g/mol. The Morgan fingerprint density at radius 3 is 3.00 bits per heavy atom. The molecule has 0 aromatic heterocycles. The molecule has 2 nitrogen and oxygen atoms in total. The van der Waals surface area contributed by atoms with E-state index in [2.05, 4.69) is 4.90 Å². The van der Waals surface area contributed by atoms with Crippen molar-refractivity contribution in [3.63, 3.8) is 0 Å². The second-order valence-electron chi connectivity index (χ2n) is 4.74. The van der Waals surface area contributed by atoms with Crippen LogP contribution in [0.3, 0.4) is 0 Å². The molecule has 0 saturated carbocycles. The highest BCUT2D eigenvalue weighted by molar-refractivity contribution is 6.30. The highest BCUT2D eigenvalue weighted by atomic mass is 35.5. The van der Waals surface area contributed by atoms with Gasteiger partial charge in [0.05, 0.1) is 5.02 Å². The summed E-state index contributed by atoms with van der Waals surface area (Å²) in [5, 5.41) is 0.182. The van der Waals surface area contributed by atoms with E-state index in [4.69, 9.17) is 17.3 Å². The average molecular weight is 257 g/mol. The summed E-state index contributed by atoms with van der Waals surface area (Å²) in [4.78, 5) is 2.29. The SMILES string of the molecule is N[C@H]1CCCCN(Cc2ccc(Cl)c(F)c2)C1. The predicted molar refractivity (Wildman–Crippen MR) is 68.5 cm³/mol. The fourth-order valence-electron chi connectivity index (χ4n) is 2.30. The summed E-state index contributed by atoms with van der Waals surface area (Å²) < 4.78 is 13.3. The van der Waals surface area contributed by atoms with Crippen LogP contribution in [-0.2, 0) is 6.54 Å². The van der Waals surface area contributed by atoms with Gasteiger partial charge in [-0.25, -0.2) is 4.39 Å². The van der Waals surface area contributed by atoms with E-state index in [9.17, 15) is 4.39 Å². The molecule has 0 bridgehead atoms. The maximum Gasteiger partial charge on any atom is 0.142 e. The molecule has 94 valence electrons. The smallest absolute Gasteiger partial charge is 0.142 e. The lowest BCUT2D eigenvalue weighted by Gasteiger charge is -2.22. The lowest BCUT2D eigenvalue weighted by atomic mass is 10.1. The van der Waals surface area contributed by atoms with Gasteiger partial charge >= 0.3 is 0 Å². The van der Waals surface area contributed by atoms with Gasteiger partial charge in [-0.15, -0.1) is 0 Å². The Balaban J connectivity index is 2.01. The van der Waals surface area contributed by atoms with E-state index in [1.807, 2.05) is 6.07 Å². The molecule has 1 aliphatic heterocycles. The first-order valence-electron chi connectivity index (χ1n) is 6.07. The van der Waals surface area contributed by atoms with Crippen molar-refractivity contribution in [2.45, 2.75) is 31.8 Å². The van der Waals surface area contributed by atoms with Crippen LogP contribution >= 0.6 is 11.6 Å². The molecule has 0 amide bonds. The number of likely N-dealkylation sites (tertiary alicyclic amines) is 1. The summed E-state index contributed by atoms with van der Waals surface area (Å²) in [5.74, 6) is -0.344. The first-order chi connectivity index (χ1) is 8.15. The summed E-state index contributed by atoms with van der Waals surface area (Å²) >= 11 is 5.66. The number of nitrogens with two attached hydrogens (primary N) is 1. The molecule has 1 aromatic carbocycles. The van der Waals surface area contributed by atoms with Crippen molar-refractivity contribution >= 4 is 11.6 Å². The first-order valence-corrected chi connectivity index (χ1v) is 6.45. The third kappa shape index (κ3) is 3.66. The van der Waals surface area contributed by atoms with Crippen LogP contribution in [0.5, 0.6) is 0 Å². The van der Waals surface area contributed by atoms with Gasteiger partial charge in [-0.2, -0.15) is 0 Å². The van der Waals surface area contributed by atoms with Gasteiger partial charge in [-0.3, -0.25) is 4.90 Å². The van der Waals surface area contributed by atoms with Gasteiger partial charge < -0.3 is 5.73 Å². The Labute approximate surface area is 107 Å². The summed E-state index contributed by atoms with van der Waals surface area (Å²) in [6, 6.07) is 5.25. The number of hydrogen-bond acceptors (Lipinski definition) is 2. The van der Waals surface area contributed by atoms with Crippen LogP contribution in [0, 0.1) is 5.82 Å². The molecule has 17 heavy (non-hydrogen) atoms. The number of halogens is 2. The summed E-state index contributed by atoms with van der Waals surface area (Å²) in [6.07, 6.45) is 3.45. The number of benzene rings is 1. The second kappa shape index (κ2) is 5.80. The summed E-state index contributed by atoms with van der Waals surface area (Å²) in [5.41, 5.74) is 6.96. The lowest BCUT2D eigenvalue weighted by Crippen LogP contribution is -2.35. The molecule has 1 heterocycles. The third-order valence-corrected chi connectivity index (χ3v) is 3.49. The Morgan fingerprint density at radius 1 is 1.41 bits per heavy atom. The van der Waals surface area contributed by atoms with Crippen LogP contribution in [-0.4, -0.2) is 24.0 Å². The highest BCUT2D eigenvalue weighted by Crippen LogP contribution is 2.18. The number of hydrogen-bond donors (Lipinski definition) is 1. The van der Waals surface area contributed by atoms with Crippen LogP contribution in [0.4, 0.5) is 4.39 Å². The van der Waals surface area contributed by atoms with Gasteiger partial charge in [0.1, 0.15) is 5.82 Å². The van der Waals surface area contributed by atoms with Gasteiger partial charge in [-0.1, -0.05) is 24.1 Å². The van der Waals surface area contributed by atoms with Crippen LogP contribution in [0.15, 0.2) is 18.2 Å². The van der Waals surface area contributed by atoms with Crippen LogP contribution < -0.4 is 5.73 Å². The van der Waals surface area contributed by atoms with Crippen LogP contribution in [0.2, 0.25) is 5.02 Å². The molecule has 4 heteroatoms. The van der Waals surface area contributed by atoms with E-state index in [-0.39, 0.29) is 16.9 Å². The Bertz CT molecular complexity index is 384. The van der Waals surface area contributed by atoms with E-state index in [0.29, 0.717) is 0 Å². The minimum atomic E-state index is -0.344. The fourth-order valence-corrected chi connectivity index (χ4v) is 2.41. The molecule has 0 aliphatic carbocycles. The molecule has 1 atom stereocenters. The van der Waals surface area contributed by atoms with Gasteiger partial charge in [0.15, 0.2) is 0 Å². The molecule has 0 spiro atoms. The molecule has 1 aliphatic rings. The highest BCUT2D eigenvalue weighted by Gasteiger charge is 2.15. The molecule has 1 aromatic rings. The Kier molecular flexibility index (Phi) is 4.37. The zero-order chi connectivity index (χ0) is 12.3. The molecule has 0 radical (unpaired) electrons. The maximum absolute atomic E-state index is 13.3. The third-order valence-electron chi connectivity index (χ3n) is 3.18. The van der Waals surface area contributed by atoms with Gasteiger partial charge in [0.25, 0.3) is 0 Å². The van der Waals surface area contributed by atoms with Gasteiger partial charge in [0, 0.05) is 19.1 Å². The number of nitrogens with zero attached hydrogens (tertiary/aromatic N) is 1. The molecule has 2 N–H and O–H groups in total. The zero-order valence-corrected chi connectivity index (χ0v) is 10.6. The standard InChI is InChI=1S/C13H18ClFN2/c14-12-5-4-10(7-13(12)15)8-17-6-2-1-3-11(16)9-17/h4-5,7,11H,1-3,6,8-9,16H2/t11-/m0/s1. The van der Waals surface area contributed by atoms with Crippen molar-refractivity contribution in [2.24, 2.45) is 5.73 Å². The topological polar surface area (TPSA) is 29.3 Å². The van der Waals surface area contributed by atoms with Crippen molar-refractivity contribution in [1.29, 1.82) is 0 Å². The van der Waals surface area contributed by atoms with Crippen molar-refractivity contribution in [3.8, 4) is 0 Å². The number of rotatable bonds is 2. The molecular formula is C13H18ClFN2. The lowest BCUT2D eigenvalue weighted by molar-refractivity contribution is 0.264. The summed E-state index contributed by atoms with van der Waals surface area (Å²) in [7, 11) is 0. The molecular weight excluding hydrogens is 239 g/mol. The van der Waals surface area contributed by atoms with Crippen molar-refractivity contribution in [2.75, 3.05) is 13.1 Å². The predicted octanol–water partition coefficient (Wildman–Crippen LogP) is 2.79. The van der Waals surface area contributed by atoms with E-state index in [1.54, 1.807) is 6.07 Å². The Hall–Kier alpha value is -0.640. The van der Waals surface area contributed by atoms with Gasteiger partial charge in [-0.05, 0) is 37.1 Å². The zero-order valence-electron chi connectivity index (χ0n) is 9.83. The second-order valence-corrected chi connectivity index (χ2v) is 5.15. The molecule has 1 fully saturated rings. The molecule has 1 saturated heterocycles. The first kappa shape index (κ1) is 12.8. The van der Waals surface area contributed by atoms with Crippen LogP contribution in [0.25, 0.3) is 0 Å². The van der Waals surface area contributed by atoms with E-state index >= 15 is 0 Å². The minimum absolute atomic E-state index is 0.182. The largest absolute Gasteiger partial charge is 0.327 e. The van der Waals surface area contributed by atoms with Crippen molar-refractivity contribution < 1.29 is 4.39 Å². The average Bonchev–Trinajstić information content (AvgIpc) is 2.48. The summed E-state index contributed by atoms with van der Waals surface area (Å²) in [6.45, 7) is 2.68. The van der Waals surface area contributed by atoms with Crippen LogP contribution in [0.1, 0.15) is 24.8 Å².